The Hall–Kier alpha value is -4.13. The van der Waals surface area contributed by atoms with E-state index in [4.69, 9.17) is 15.9 Å². The fraction of sp³-hybridized carbons (Fsp3) is 0.250. The Kier molecular flexibility index (Phi) is 5.17. The number of hydrogen-bond donors (Lipinski definition) is 4. The first kappa shape index (κ1) is 19.2. The molecule has 2 amide bonds. The van der Waals surface area contributed by atoms with Gasteiger partial charge in [0.05, 0.1) is 17.9 Å². The average Bonchev–Trinajstić information content (AvgIpc) is 3.15. The van der Waals surface area contributed by atoms with E-state index in [1.807, 2.05) is 18.2 Å². The molecule has 0 fully saturated rings. The molecule has 1 aliphatic rings. The third-order valence-electron chi connectivity index (χ3n) is 4.40. The van der Waals surface area contributed by atoms with E-state index in [9.17, 15) is 4.79 Å². The van der Waals surface area contributed by atoms with Crippen LogP contribution in [0.15, 0.2) is 30.5 Å². The zero-order valence-corrected chi connectivity index (χ0v) is 16.5. The van der Waals surface area contributed by atoms with Gasteiger partial charge >= 0.3 is 6.03 Å². The zero-order valence-electron chi connectivity index (χ0n) is 16.5. The first-order valence-corrected chi connectivity index (χ1v) is 9.35. The quantitative estimate of drug-likeness (QED) is 0.480. The average molecular weight is 407 g/mol. The minimum Gasteiger partial charge on any atom is -0.486 e. The molecule has 1 aromatic carbocycles. The number of aromatic nitrogens is 3. The lowest BCUT2D eigenvalue weighted by atomic mass is 10.2. The molecular weight excluding hydrogens is 386 g/mol. The lowest BCUT2D eigenvalue weighted by Crippen LogP contribution is -2.35. The number of nitrogens with zero attached hydrogens (tertiary/aromatic N) is 3. The van der Waals surface area contributed by atoms with Gasteiger partial charge in [-0.15, -0.1) is 6.42 Å². The summed E-state index contributed by atoms with van der Waals surface area (Å²) in [4.78, 5) is 16.8. The predicted octanol–water partition coefficient (Wildman–Crippen LogP) is 2.43. The highest BCUT2D eigenvalue weighted by molar-refractivity contribution is 5.93. The Labute approximate surface area is 173 Å². The lowest BCUT2D eigenvalue weighted by Gasteiger charge is -2.21. The van der Waals surface area contributed by atoms with Crippen LogP contribution in [-0.4, -0.2) is 46.9 Å². The van der Waals surface area contributed by atoms with Crippen LogP contribution < -0.4 is 30.7 Å². The first-order valence-electron chi connectivity index (χ1n) is 9.35. The van der Waals surface area contributed by atoms with E-state index < -0.39 is 12.1 Å². The Balaban J connectivity index is 1.67. The second kappa shape index (κ2) is 8.08. The van der Waals surface area contributed by atoms with Crippen molar-refractivity contribution in [2.75, 3.05) is 36.2 Å². The van der Waals surface area contributed by atoms with E-state index in [1.54, 1.807) is 24.6 Å². The molecule has 0 saturated heterocycles. The summed E-state index contributed by atoms with van der Waals surface area (Å²) < 4.78 is 13.0. The third-order valence-corrected chi connectivity index (χ3v) is 4.40. The molecule has 3 heterocycles. The van der Waals surface area contributed by atoms with E-state index in [1.165, 1.54) is 6.20 Å². The summed E-state index contributed by atoms with van der Waals surface area (Å²) in [5, 5.41) is 16.0. The van der Waals surface area contributed by atoms with Gasteiger partial charge < -0.3 is 30.7 Å². The van der Waals surface area contributed by atoms with Crippen molar-refractivity contribution in [3.8, 4) is 23.8 Å². The highest BCUT2D eigenvalue weighted by atomic mass is 16.6. The van der Waals surface area contributed by atoms with Crippen molar-refractivity contribution < 1.29 is 14.3 Å². The number of carbonyl (C=O) groups is 1. The molecule has 30 heavy (non-hydrogen) atoms. The van der Waals surface area contributed by atoms with Crippen LogP contribution in [0, 0.1) is 12.3 Å². The molecule has 4 rings (SSSR count). The van der Waals surface area contributed by atoms with Gasteiger partial charge in [-0.3, -0.25) is 0 Å². The Morgan fingerprint density at radius 1 is 1.30 bits per heavy atom. The van der Waals surface area contributed by atoms with Crippen molar-refractivity contribution in [1.29, 1.82) is 0 Å². The van der Waals surface area contributed by atoms with E-state index in [-0.39, 0.29) is 0 Å². The summed E-state index contributed by atoms with van der Waals surface area (Å²) >= 11 is 0. The summed E-state index contributed by atoms with van der Waals surface area (Å²) in [5.41, 5.74) is 1.61. The van der Waals surface area contributed by atoms with E-state index in [2.05, 4.69) is 37.3 Å². The van der Waals surface area contributed by atoms with E-state index in [0.717, 1.165) is 5.69 Å². The molecule has 0 unspecified atom stereocenters. The third kappa shape index (κ3) is 3.73. The van der Waals surface area contributed by atoms with Crippen LogP contribution in [0.5, 0.6) is 11.5 Å². The van der Waals surface area contributed by atoms with Gasteiger partial charge in [0.15, 0.2) is 17.1 Å². The molecule has 10 heteroatoms. The van der Waals surface area contributed by atoms with Gasteiger partial charge in [0, 0.05) is 13.1 Å². The van der Waals surface area contributed by atoms with Gasteiger partial charge in [0.2, 0.25) is 0 Å². The Bertz CT molecular complexity index is 1140. The summed E-state index contributed by atoms with van der Waals surface area (Å²) in [6.07, 6.45) is 6.83. The number of fused-ring (bicyclic) bond motifs is 2. The number of anilines is 4. The topological polar surface area (TPSA) is 114 Å². The van der Waals surface area contributed by atoms with Crippen LogP contribution in [0.4, 0.5) is 27.8 Å². The largest absolute Gasteiger partial charge is 0.486 e. The number of terminal acetylenes is 1. The van der Waals surface area contributed by atoms with Crippen LogP contribution in [0.3, 0.4) is 0 Å². The lowest BCUT2D eigenvalue weighted by molar-refractivity contribution is 0.172. The minimum absolute atomic E-state index is 0.406. The van der Waals surface area contributed by atoms with E-state index >= 15 is 0 Å². The Morgan fingerprint density at radius 2 is 2.13 bits per heavy atom. The summed E-state index contributed by atoms with van der Waals surface area (Å²) in [6.45, 7) is 2.69. The Morgan fingerprint density at radius 3 is 2.93 bits per heavy atom. The summed E-state index contributed by atoms with van der Waals surface area (Å²) in [5.74, 6) is 4.96. The molecule has 1 atom stereocenters. The van der Waals surface area contributed by atoms with Gasteiger partial charge in [0.25, 0.3) is 0 Å². The summed E-state index contributed by atoms with van der Waals surface area (Å²) in [6, 6.07) is 6.55. The maximum atomic E-state index is 12.2. The van der Waals surface area contributed by atoms with Crippen molar-refractivity contribution in [3.63, 3.8) is 0 Å². The van der Waals surface area contributed by atoms with Gasteiger partial charge in [0.1, 0.15) is 30.5 Å². The molecule has 154 valence electrons. The molecule has 4 N–H and O–H groups in total. The van der Waals surface area contributed by atoms with Crippen LogP contribution >= 0.6 is 0 Å². The molecule has 0 spiro atoms. The number of nitrogens with one attached hydrogen (secondary N) is 4. The number of amides is 2. The number of urea groups is 1. The molecule has 0 radical (unpaired) electrons. The highest BCUT2D eigenvalue weighted by Crippen LogP contribution is 2.38. The van der Waals surface area contributed by atoms with Crippen LogP contribution in [0.2, 0.25) is 0 Å². The molecule has 1 aliphatic heterocycles. The van der Waals surface area contributed by atoms with Gasteiger partial charge in [-0.2, -0.15) is 9.61 Å². The van der Waals surface area contributed by atoms with Crippen molar-refractivity contribution >= 4 is 34.7 Å². The van der Waals surface area contributed by atoms with Crippen LogP contribution in [-0.2, 0) is 0 Å². The highest BCUT2D eigenvalue weighted by Gasteiger charge is 2.18. The van der Waals surface area contributed by atoms with Gasteiger partial charge in [-0.1, -0.05) is 12.0 Å². The number of ether oxygens (including phenoxy) is 2. The monoisotopic (exact) mass is 407 g/mol. The normalized spacial score (nSPS) is 13.2. The van der Waals surface area contributed by atoms with Crippen molar-refractivity contribution in [3.05, 3.63) is 30.5 Å². The molecule has 2 aromatic heterocycles. The standard InChI is InChI=1S/C20H21N7O3/c1-4-12(2)23-20(28)25-14-11-22-27-17(21-3)10-16(26-19(14)27)24-13-6-5-7-15-18(13)30-9-8-29-15/h1,5-7,10-12,21H,8-9H2,2-3H3,(H,24,26)(H2,23,25,28)/t12-/m0/s1. The zero-order chi connectivity index (χ0) is 21.1. The molecule has 0 bridgehead atoms. The maximum absolute atomic E-state index is 12.2. The number of hydrogen-bond acceptors (Lipinski definition) is 7. The fourth-order valence-corrected chi connectivity index (χ4v) is 3.00. The van der Waals surface area contributed by atoms with Gasteiger partial charge in [-0.05, 0) is 19.1 Å². The minimum atomic E-state index is -0.441. The second-order valence-electron chi connectivity index (χ2n) is 6.51. The molecule has 0 aliphatic carbocycles. The van der Waals surface area contributed by atoms with Crippen molar-refractivity contribution in [1.82, 2.24) is 19.9 Å². The van der Waals surface area contributed by atoms with Crippen molar-refractivity contribution in [2.24, 2.45) is 0 Å². The second-order valence-corrected chi connectivity index (χ2v) is 6.51. The molecular formula is C20H21N7O3. The SMILES string of the molecule is C#C[C@H](C)NC(=O)Nc1cnn2c(NC)cc(Nc3cccc4c3OCCO4)nc12. The van der Waals surface area contributed by atoms with E-state index in [0.29, 0.717) is 47.7 Å². The molecule has 0 saturated carbocycles. The van der Waals surface area contributed by atoms with Crippen LogP contribution in [0.25, 0.3) is 5.65 Å². The molecule has 10 nitrogen and oxygen atoms in total. The number of rotatable bonds is 5. The number of para-hydroxylation sites is 1. The smallest absolute Gasteiger partial charge is 0.320 e. The fourth-order valence-electron chi connectivity index (χ4n) is 3.00. The van der Waals surface area contributed by atoms with Crippen LogP contribution in [0.1, 0.15) is 6.92 Å². The van der Waals surface area contributed by atoms with Crippen molar-refractivity contribution in [2.45, 2.75) is 13.0 Å². The number of benzene rings is 1. The maximum Gasteiger partial charge on any atom is 0.320 e. The molecule has 3 aromatic rings. The van der Waals surface area contributed by atoms with Gasteiger partial charge in [-0.25, -0.2) is 9.78 Å². The summed E-state index contributed by atoms with van der Waals surface area (Å²) in [7, 11) is 1.77. The number of carbonyl (C=O) groups excluding carboxylic acids is 1. The predicted molar refractivity (Wildman–Crippen MR) is 114 cm³/mol. The first-order chi connectivity index (χ1) is 14.6.